The van der Waals surface area contributed by atoms with Crippen LogP contribution in [0, 0.1) is 34.5 Å². The minimum atomic E-state index is -0.134. The van der Waals surface area contributed by atoms with Crippen molar-refractivity contribution in [2.45, 2.75) is 76.1 Å². The van der Waals surface area contributed by atoms with Gasteiger partial charge in [0.25, 0.3) is 0 Å². The van der Waals surface area contributed by atoms with Gasteiger partial charge in [-0.2, -0.15) is 0 Å². The first-order valence-electron chi connectivity index (χ1n) is 9.24. The topological polar surface area (TPSA) is 37.3 Å². The van der Waals surface area contributed by atoms with Crippen molar-refractivity contribution < 1.29 is 9.90 Å². The molecule has 0 aromatic rings. The molecule has 4 saturated carbocycles. The molecule has 0 spiro atoms. The molecule has 124 valence electrons. The maximum atomic E-state index is 13.3. The summed E-state index contributed by atoms with van der Waals surface area (Å²) in [5.41, 5.74) is 0.324. The Hall–Kier alpha value is 0.110. The maximum absolute atomic E-state index is 13.3. The molecule has 4 aliphatic rings. The molecule has 0 bridgehead atoms. The molecule has 0 aromatic carbocycles. The van der Waals surface area contributed by atoms with E-state index in [1.165, 1.54) is 32.1 Å². The summed E-state index contributed by atoms with van der Waals surface area (Å²) >= 11 is 3.83. The maximum Gasteiger partial charge on any atom is 0.150 e. The van der Waals surface area contributed by atoms with Crippen LogP contribution in [0.1, 0.15) is 65.2 Å². The summed E-state index contributed by atoms with van der Waals surface area (Å²) < 4.78 is 0. The van der Waals surface area contributed by atoms with Crippen molar-refractivity contribution >= 4 is 21.7 Å². The third-order valence-corrected chi connectivity index (χ3v) is 9.72. The number of fused-ring (bicyclic) bond motifs is 5. The normalized spacial score (nSPS) is 57.9. The third-order valence-electron chi connectivity index (χ3n) is 8.22. The highest BCUT2D eigenvalue weighted by Crippen LogP contribution is 2.66. The largest absolute Gasteiger partial charge is 0.393 e. The molecule has 0 saturated heterocycles. The number of hydrogen-bond acceptors (Lipinski definition) is 2. The fraction of sp³-hybridized carbons (Fsp3) is 0.947. The highest BCUT2D eigenvalue weighted by molar-refractivity contribution is 9.10. The van der Waals surface area contributed by atoms with E-state index >= 15 is 0 Å². The van der Waals surface area contributed by atoms with Crippen LogP contribution in [-0.4, -0.2) is 21.8 Å². The second-order valence-corrected chi connectivity index (χ2v) is 10.0. The summed E-state index contributed by atoms with van der Waals surface area (Å²) in [6.45, 7) is 4.73. The second kappa shape index (κ2) is 5.05. The fourth-order valence-corrected chi connectivity index (χ4v) is 7.84. The van der Waals surface area contributed by atoms with Crippen LogP contribution in [0.3, 0.4) is 0 Å². The highest BCUT2D eigenvalue weighted by atomic mass is 79.9. The van der Waals surface area contributed by atoms with Crippen LogP contribution >= 0.6 is 15.9 Å². The summed E-state index contributed by atoms with van der Waals surface area (Å²) in [7, 11) is 0. The van der Waals surface area contributed by atoms with E-state index in [-0.39, 0.29) is 27.7 Å². The SMILES string of the molecule is C[C@]12CC[C@@H](O)C[C@@H]1CC[C@H]1[C@H]3CCC[C@@]3(C)[C@@H](Br)C(=O)[C@@H]12. The number of aliphatic hydroxyl groups is 1. The van der Waals surface area contributed by atoms with Crippen molar-refractivity contribution in [1.29, 1.82) is 0 Å². The summed E-state index contributed by atoms with van der Waals surface area (Å²) in [6, 6.07) is 0. The van der Waals surface area contributed by atoms with Crippen molar-refractivity contribution in [2.24, 2.45) is 34.5 Å². The molecule has 0 unspecified atom stereocenters. The standard InChI is InChI=1S/C19H29BrO2/c1-18-9-7-12(21)10-11(18)5-6-13-14-4-3-8-19(14,2)17(20)16(22)15(13)18/h11-15,17,21H,3-10H2,1-2H3/t11-,12+,13-,14+,15+,17-,18-,19+/m0/s1. The quantitative estimate of drug-likeness (QED) is 0.646. The minimum Gasteiger partial charge on any atom is -0.393 e. The molecule has 22 heavy (non-hydrogen) atoms. The predicted molar refractivity (Wildman–Crippen MR) is 90.8 cm³/mol. The molecule has 2 nitrogen and oxygen atoms in total. The lowest BCUT2D eigenvalue weighted by atomic mass is 9.45. The van der Waals surface area contributed by atoms with E-state index in [0.29, 0.717) is 17.6 Å². The number of ketones is 1. The average Bonchev–Trinajstić information content (AvgIpc) is 2.88. The zero-order valence-electron chi connectivity index (χ0n) is 13.9. The number of rotatable bonds is 0. The van der Waals surface area contributed by atoms with Crippen LogP contribution in [0.2, 0.25) is 0 Å². The number of Topliss-reactive ketones (excluding diaryl/α,β-unsaturated/α-hetero) is 1. The number of halogens is 1. The van der Waals surface area contributed by atoms with Gasteiger partial charge in [-0.25, -0.2) is 0 Å². The van der Waals surface area contributed by atoms with Gasteiger partial charge in [0.15, 0.2) is 5.78 Å². The molecule has 8 atom stereocenters. The van der Waals surface area contributed by atoms with Crippen molar-refractivity contribution in [3.8, 4) is 0 Å². The average molecular weight is 369 g/mol. The first-order chi connectivity index (χ1) is 10.4. The Morgan fingerprint density at radius 1 is 1.09 bits per heavy atom. The first-order valence-corrected chi connectivity index (χ1v) is 10.2. The van der Waals surface area contributed by atoms with Crippen molar-refractivity contribution in [3.63, 3.8) is 0 Å². The molecule has 0 heterocycles. The van der Waals surface area contributed by atoms with E-state index in [9.17, 15) is 9.90 Å². The number of hydrogen-bond donors (Lipinski definition) is 1. The summed E-state index contributed by atoms with van der Waals surface area (Å²) in [6.07, 6.45) is 8.96. The summed E-state index contributed by atoms with van der Waals surface area (Å²) in [4.78, 5) is 13.4. The van der Waals surface area contributed by atoms with E-state index in [0.717, 1.165) is 25.2 Å². The van der Waals surface area contributed by atoms with E-state index in [1.807, 2.05) is 0 Å². The van der Waals surface area contributed by atoms with Gasteiger partial charge in [0.05, 0.1) is 10.9 Å². The van der Waals surface area contributed by atoms with Gasteiger partial charge in [0, 0.05) is 5.92 Å². The van der Waals surface area contributed by atoms with Crippen LogP contribution in [-0.2, 0) is 4.79 Å². The fourth-order valence-electron chi connectivity index (χ4n) is 6.99. The molecule has 0 radical (unpaired) electrons. The minimum absolute atomic E-state index is 0.0520. The van der Waals surface area contributed by atoms with Gasteiger partial charge in [-0.3, -0.25) is 4.79 Å². The smallest absolute Gasteiger partial charge is 0.150 e. The predicted octanol–water partition coefficient (Wildman–Crippen LogP) is 4.33. The molecule has 1 N–H and O–H groups in total. The van der Waals surface area contributed by atoms with Crippen LogP contribution < -0.4 is 0 Å². The third kappa shape index (κ3) is 1.90. The Kier molecular flexibility index (Phi) is 3.59. The van der Waals surface area contributed by atoms with Gasteiger partial charge in [-0.05, 0) is 73.5 Å². The number of carbonyl (C=O) groups is 1. The Labute approximate surface area is 142 Å². The van der Waals surface area contributed by atoms with Crippen molar-refractivity contribution in [3.05, 3.63) is 0 Å². The first kappa shape index (κ1) is 15.6. The molecular weight excluding hydrogens is 340 g/mol. The molecule has 4 aliphatic carbocycles. The molecule has 0 aliphatic heterocycles. The van der Waals surface area contributed by atoms with E-state index in [1.54, 1.807) is 0 Å². The monoisotopic (exact) mass is 368 g/mol. The van der Waals surface area contributed by atoms with Crippen LogP contribution in [0.5, 0.6) is 0 Å². The number of alkyl halides is 1. The van der Waals surface area contributed by atoms with Crippen molar-refractivity contribution in [1.82, 2.24) is 0 Å². The molecule has 0 amide bonds. The molecule has 0 aromatic heterocycles. The lowest BCUT2D eigenvalue weighted by Gasteiger charge is -2.60. The number of aliphatic hydroxyl groups excluding tert-OH is 1. The van der Waals surface area contributed by atoms with Gasteiger partial charge >= 0.3 is 0 Å². The molecular formula is C19H29BrO2. The van der Waals surface area contributed by atoms with Crippen molar-refractivity contribution in [2.75, 3.05) is 0 Å². The Morgan fingerprint density at radius 3 is 2.64 bits per heavy atom. The number of carbonyl (C=O) groups excluding carboxylic acids is 1. The van der Waals surface area contributed by atoms with Gasteiger partial charge in [0.1, 0.15) is 0 Å². The van der Waals surface area contributed by atoms with E-state index < -0.39 is 0 Å². The second-order valence-electron chi connectivity index (χ2n) is 9.12. The van der Waals surface area contributed by atoms with E-state index in [2.05, 4.69) is 29.8 Å². The van der Waals surface area contributed by atoms with Gasteiger partial charge in [-0.1, -0.05) is 36.2 Å². The zero-order valence-corrected chi connectivity index (χ0v) is 15.4. The lowest BCUT2D eigenvalue weighted by molar-refractivity contribution is -0.157. The van der Waals surface area contributed by atoms with Crippen LogP contribution in [0.25, 0.3) is 0 Å². The van der Waals surface area contributed by atoms with Gasteiger partial charge in [-0.15, -0.1) is 0 Å². The molecule has 3 heteroatoms. The Balaban J connectivity index is 1.73. The van der Waals surface area contributed by atoms with Crippen LogP contribution in [0.15, 0.2) is 0 Å². The van der Waals surface area contributed by atoms with Gasteiger partial charge < -0.3 is 5.11 Å². The molecule has 4 rings (SSSR count). The van der Waals surface area contributed by atoms with Gasteiger partial charge in [0.2, 0.25) is 0 Å². The van der Waals surface area contributed by atoms with E-state index in [4.69, 9.17) is 0 Å². The Morgan fingerprint density at radius 2 is 1.86 bits per heavy atom. The zero-order chi connectivity index (χ0) is 15.7. The lowest BCUT2D eigenvalue weighted by Crippen LogP contribution is -2.60. The van der Waals surface area contributed by atoms with Crippen LogP contribution in [0.4, 0.5) is 0 Å². The highest BCUT2D eigenvalue weighted by Gasteiger charge is 2.64. The Bertz CT molecular complexity index is 492. The summed E-state index contributed by atoms with van der Waals surface area (Å²) in [5.74, 6) is 2.61. The molecule has 4 fully saturated rings. The summed E-state index contributed by atoms with van der Waals surface area (Å²) in [5, 5.41) is 10.1.